The van der Waals surface area contributed by atoms with Gasteiger partial charge in [0, 0.05) is 10.6 Å². The number of nitrogen functional groups attached to an aromatic ring is 1. The van der Waals surface area contributed by atoms with Crippen molar-refractivity contribution in [2.24, 2.45) is 0 Å². The summed E-state index contributed by atoms with van der Waals surface area (Å²) in [4.78, 5) is 30.0. The summed E-state index contributed by atoms with van der Waals surface area (Å²) in [5, 5.41) is 4.09. The maximum atomic E-state index is 12.9. The minimum absolute atomic E-state index is 0.0930. The number of nitrogens with zero attached hydrogens (tertiary/aromatic N) is 1. The van der Waals surface area contributed by atoms with Crippen molar-refractivity contribution >= 4 is 74.7 Å². The van der Waals surface area contributed by atoms with Crippen LogP contribution in [0, 0.1) is 0 Å². The number of thioether (sulfide) groups is 1. The van der Waals surface area contributed by atoms with Gasteiger partial charge in [0.25, 0.3) is 0 Å². The number of esters is 1. The van der Waals surface area contributed by atoms with E-state index in [0.29, 0.717) is 5.13 Å². The molecule has 0 aliphatic heterocycles. The first-order valence-corrected chi connectivity index (χ1v) is 11.7. The second kappa shape index (κ2) is 10.4. The lowest BCUT2D eigenvalue weighted by Crippen LogP contribution is -2.13. The van der Waals surface area contributed by atoms with Gasteiger partial charge in [-0.15, -0.1) is 11.8 Å². The zero-order chi connectivity index (χ0) is 22.5. The Bertz CT molecular complexity index is 1100. The van der Waals surface area contributed by atoms with Gasteiger partial charge in [-0.2, -0.15) is 0 Å². The number of aromatic nitrogens is 1. The molecule has 0 saturated heterocycles. The van der Waals surface area contributed by atoms with Crippen molar-refractivity contribution in [3.8, 4) is 0 Å². The minimum atomic E-state index is -0.383. The zero-order valence-electron chi connectivity index (χ0n) is 16.6. The van der Waals surface area contributed by atoms with Crippen LogP contribution in [0.5, 0.6) is 0 Å². The molecule has 0 saturated carbocycles. The molecule has 0 radical (unpaired) electrons. The van der Waals surface area contributed by atoms with E-state index in [1.54, 1.807) is 18.2 Å². The number of nitrogens with two attached hydrogens (primary N) is 1. The van der Waals surface area contributed by atoms with Crippen molar-refractivity contribution in [3.05, 3.63) is 63.0 Å². The van der Waals surface area contributed by atoms with E-state index in [9.17, 15) is 9.59 Å². The summed E-state index contributed by atoms with van der Waals surface area (Å²) in [6, 6.07) is 12.3. The molecule has 1 heterocycles. The average molecular weight is 496 g/mol. The lowest BCUT2D eigenvalue weighted by Gasteiger charge is -2.08. The van der Waals surface area contributed by atoms with E-state index in [-0.39, 0.29) is 49.9 Å². The first-order chi connectivity index (χ1) is 14.7. The standard InChI is InChI=1S/C21H19Cl2N3O3S2/c1-11(2)29-16(27)10-30-13-6-3-5-12(9-13)25-21-26-20(24)19(31-21)18(28)17-14(22)7-4-8-15(17)23/h3-9,11H,10,24H2,1-2H3,(H,25,26). The van der Waals surface area contributed by atoms with E-state index in [1.165, 1.54) is 11.8 Å². The lowest BCUT2D eigenvalue weighted by molar-refractivity contribution is -0.144. The Kier molecular flexibility index (Phi) is 7.83. The minimum Gasteiger partial charge on any atom is -0.462 e. The monoisotopic (exact) mass is 495 g/mol. The molecule has 3 N–H and O–H groups in total. The molecule has 162 valence electrons. The Balaban J connectivity index is 1.73. The second-order valence-electron chi connectivity index (χ2n) is 6.64. The van der Waals surface area contributed by atoms with E-state index in [0.717, 1.165) is 21.9 Å². The highest BCUT2D eigenvalue weighted by Crippen LogP contribution is 2.34. The highest BCUT2D eigenvalue weighted by atomic mass is 35.5. The molecular weight excluding hydrogens is 477 g/mol. The third-order valence-corrected chi connectivity index (χ3v) is 6.44. The normalized spacial score (nSPS) is 10.9. The number of benzene rings is 2. The number of rotatable bonds is 8. The highest BCUT2D eigenvalue weighted by molar-refractivity contribution is 8.00. The molecule has 0 fully saturated rings. The molecule has 0 aliphatic carbocycles. The number of carbonyl (C=O) groups excluding carboxylic acids is 2. The van der Waals surface area contributed by atoms with Crippen molar-refractivity contribution in [1.82, 2.24) is 4.98 Å². The number of ketones is 1. The molecule has 0 atom stereocenters. The lowest BCUT2D eigenvalue weighted by atomic mass is 10.1. The van der Waals surface area contributed by atoms with Gasteiger partial charge >= 0.3 is 5.97 Å². The molecule has 6 nitrogen and oxygen atoms in total. The van der Waals surface area contributed by atoms with Gasteiger partial charge in [-0.25, -0.2) is 4.98 Å². The Morgan fingerprint density at radius 3 is 2.55 bits per heavy atom. The molecule has 0 spiro atoms. The number of hydrogen-bond acceptors (Lipinski definition) is 8. The van der Waals surface area contributed by atoms with E-state index in [2.05, 4.69) is 10.3 Å². The van der Waals surface area contributed by atoms with E-state index >= 15 is 0 Å². The van der Waals surface area contributed by atoms with Gasteiger partial charge in [0.05, 0.1) is 27.5 Å². The predicted octanol–water partition coefficient (Wildman–Crippen LogP) is 6.05. The van der Waals surface area contributed by atoms with Gasteiger partial charge in [-0.05, 0) is 44.2 Å². The van der Waals surface area contributed by atoms with Crippen LogP contribution in [0.2, 0.25) is 10.0 Å². The van der Waals surface area contributed by atoms with Gasteiger partial charge in [0.15, 0.2) is 5.13 Å². The van der Waals surface area contributed by atoms with E-state index in [1.807, 2.05) is 38.1 Å². The second-order valence-corrected chi connectivity index (χ2v) is 9.50. The molecule has 10 heteroatoms. The van der Waals surface area contributed by atoms with Crippen LogP contribution in [-0.2, 0) is 9.53 Å². The first kappa shape index (κ1) is 23.4. The fourth-order valence-electron chi connectivity index (χ4n) is 2.60. The van der Waals surface area contributed by atoms with Gasteiger partial charge in [-0.1, -0.05) is 46.7 Å². The van der Waals surface area contributed by atoms with Crippen LogP contribution in [0.15, 0.2) is 47.4 Å². The van der Waals surface area contributed by atoms with E-state index < -0.39 is 0 Å². The number of hydrogen-bond donors (Lipinski definition) is 2. The van der Waals surface area contributed by atoms with Crippen LogP contribution in [0.4, 0.5) is 16.6 Å². The number of ether oxygens (including phenoxy) is 1. The third-order valence-electron chi connectivity index (χ3n) is 3.86. The molecule has 0 aliphatic rings. The Hall–Kier alpha value is -2.26. The van der Waals surface area contributed by atoms with Crippen molar-refractivity contribution < 1.29 is 14.3 Å². The molecule has 2 aromatic carbocycles. The number of halogens is 2. The fraction of sp³-hybridized carbons (Fsp3) is 0.190. The first-order valence-electron chi connectivity index (χ1n) is 9.19. The van der Waals surface area contributed by atoms with Gasteiger partial charge < -0.3 is 15.8 Å². The number of anilines is 3. The molecule has 0 unspecified atom stereocenters. The smallest absolute Gasteiger partial charge is 0.316 e. The number of thiazole rings is 1. The quantitative estimate of drug-likeness (QED) is 0.223. The molecule has 3 aromatic rings. The van der Waals surface area contributed by atoms with Crippen LogP contribution in [0.1, 0.15) is 29.1 Å². The fourth-order valence-corrected chi connectivity index (χ4v) is 4.76. The van der Waals surface area contributed by atoms with Crippen LogP contribution in [-0.4, -0.2) is 28.6 Å². The van der Waals surface area contributed by atoms with Gasteiger partial charge in [-0.3, -0.25) is 9.59 Å². The molecule has 31 heavy (non-hydrogen) atoms. The van der Waals surface area contributed by atoms with Crippen molar-refractivity contribution in [2.75, 3.05) is 16.8 Å². The van der Waals surface area contributed by atoms with Crippen molar-refractivity contribution in [3.63, 3.8) is 0 Å². The zero-order valence-corrected chi connectivity index (χ0v) is 19.8. The molecular formula is C21H19Cl2N3O3S2. The average Bonchev–Trinajstić information content (AvgIpc) is 3.06. The maximum Gasteiger partial charge on any atom is 0.316 e. The number of nitrogens with one attached hydrogen (secondary N) is 1. The Morgan fingerprint density at radius 2 is 1.87 bits per heavy atom. The summed E-state index contributed by atoms with van der Waals surface area (Å²) in [7, 11) is 0. The van der Waals surface area contributed by atoms with Crippen LogP contribution in [0.3, 0.4) is 0 Å². The summed E-state index contributed by atoms with van der Waals surface area (Å²) < 4.78 is 5.14. The molecule has 0 bridgehead atoms. The van der Waals surface area contributed by atoms with Gasteiger partial charge in [0.2, 0.25) is 5.78 Å². The molecule has 0 amide bonds. The van der Waals surface area contributed by atoms with Gasteiger partial charge in [0.1, 0.15) is 10.7 Å². The molecule has 3 rings (SSSR count). The largest absolute Gasteiger partial charge is 0.462 e. The summed E-state index contributed by atoms with van der Waals surface area (Å²) in [5.41, 5.74) is 6.92. The third kappa shape index (κ3) is 6.13. The van der Waals surface area contributed by atoms with Crippen molar-refractivity contribution in [1.29, 1.82) is 0 Å². The summed E-state index contributed by atoms with van der Waals surface area (Å²) >= 11 is 14.8. The number of carbonyl (C=O) groups is 2. The summed E-state index contributed by atoms with van der Waals surface area (Å²) in [6.07, 6.45) is -0.144. The van der Waals surface area contributed by atoms with Crippen LogP contribution < -0.4 is 11.1 Å². The van der Waals surface area contributed by atoms with Crippen LogP contribution >= 0.6 is 46.3 Å². The predicted molar refractivity (Wildman–Crippen MR) is 128 cm³/mol. The maximum absolute atomic E-state index is 12.9. The van der Waals surface area contributed by atoms with E-state index in [4.69, 9.17) is 33.7 Å². The summed E-state index contributed by atoms with van der Waals surface area (Å²) in [6.45, 7) is 3.62. The Morgan fingerprint density at radius 1 is 1.19 bits per heavy atom. The van der Waals surface area contributed by atoms with Crippen LogP contribution in [0.25, 0.3) is 0 Å². The summed E-state index contributed by atoms with van der Waals surface area (Å²) in [5.74, 6) is -0.349. The van der Waals surface area contributed by atoms with Crippen molar-refractivity contribution in [2.45, 2.75) is 24.8 Å². The molecule has 1 aromatic heterocycles. The SMILES string of the molecule is CC(C)OC(=O)CSc1cccc(Nc2nc(N)c(C(=O)c3c(Cl)cccc3Cl)s2)c1. The highest BCUT2D eigenvalue weighted by Gasteiger charge is 2.22. The Labute approximate surface area is 198 Å². The topological polar surface area (TPSA) is 94.3 Å².